The maximum atomic E-state index is 12.9. The van der Waals surface area contributed by atoms with Gasteiger partial charge in [0.1, 0.15) is 13.2 Å². The van der Waals surface area contributed by atoms with E-state index in [1.54, 1.807) is 0 Å². The van der Waals surface area contributed by atoms with Crippen LogP contribution in [0.25, 0.3) is 11.1 Å². The molecule has 2 fully saturated rings. The summed E-state index contributed by atoms with van der Waals surface area (Å²) in [5.41, 5.74) is 3.45. The number of rotatable bonds is 7. The first-order valence-corrected chi connectivity index (χ1v) is 14.1. The minimum absolute atomic E-state index is 0.0341. The molecule has 0 aromatic heterocycles. The summed E-state index contributed by atoms with van der Waals surface area (Å²) in [4.78, 5) is 28.0. The van der Waals surface area contributed by atoms with E-state index in [4.69, 9.17) is 9.47 Å². The first-order chi connectivity index (χ1) is 18.0. The monoisotopic (exact) mass is 534 g/mol. The highest BCUT2D eigenvalue weighted by atomic mass is 16.5. The molecule has 2 heterocycles. The Morgan fingerprint density at radius 1 is 0.744 bits per heavy atom. The maximum Gasteiger partial charge on any atom is 0.311 e. The van der Waals surface area contributed by atoms with Crippen molar-refractivity contribution >= 4 is 11.9 Å². The van der Waals surface area contributed by atoms with Gasteiger partial charge in [-0.2, -0.15) is 0 Å². The van der Waals surface area contributed by atoms with E-state index < -0.39 is 0 Å². The Morgan fingerprint density at radius 3 is 1.54 bits per heavy atom. The van der Waals surface area contributed by atoms with Gasteiger partial charge in [0, 0.05) is 22.2 Å². The van der Waals surface area contributed by atoms with E-state index in [0.717, 1.165) is 35.1 Å². The zero-order valence-corrected chi connectivity index (χ0v) is 25.2. The second-order valence-electron chi connectivity index (χ2n) is 13.9. The molecular formula is C33H46N2O4. The first kappa shape index (κ1) is 29.3. The Morgan fingerprint density at radius 2 is 1.18 bits per heavy atom. The van der Waals surface area contributed by atoms with Crippen LogP contribution in [-0.2, 0) is 32.3 Å². The van der Waals surface area contributed by atoms with E-state index in [-0.39, 0.29) is 59.1 Å². The minimum Gasteiger partial charge on any atom is -0.461 e. The Labute approximate surface area is 234 Å². The summed E-state index contributed by atoms with van der Waals surface area (Å²) in [5.74, 6) is -0.593. The number of carbonyl (C=O) groups is 2. The van der Waals surface area contributed by atoms with Crippen molar-refractivity contribution in [2.75, 3.05) is 7.05 Å². The normalized spacial score (nSPS) is 24.8. The number of likely N-dealkylation sites (tertiary alicyclic amines) is 1. The molecule has 2 unspecified atom stereocenters. The van der Waals surface area contributed by atoms with Gasteiger partial charge in [-0.3, -0.25) is 14.5 Å². The third-order valence-corrected chi connectivity index (χ3v) is 9.15. The van der Waals surface area contributed by atoms with Crippen molar-refractivity contribution in [2.45, 2.75) is 104 Å². The van der Waals surface area contributed by atoms with Crippen LogP contribution in [0.15, 0.2) is 48.5 Å². The predicted octanol–water partition coefficient (Wildman–Crippen LogP) is 6.12. The molecule has 0 spiro atoms. The average molecular weight is 535 g/mol. The van der Waals surface area contributed by atoms with Crippen LogP contribution in [0.1, 0.15) is 79.4 Å². The molecule has 0 bridgehead atoms. The summed E-state index contributed by atoms with van der Waals surface area (Å²) in [7, 11) is 2.08. The largest absolute Gasteiger partial charge is 0.461 e. The van der Waals surface area contributed by atoms with E-state index in [0.29, 0.717) is 0 Å². The van der Waals surface area contributed by atoms with Gasteiger partial charge in [-0.25, -0.2) is 0 Å². The molecule has 2 aliphatic rings. The zero-order chi connectivity index (χ0) is 28.8. The number of benzene rings is 2. The molecule has 2 aromatic carbocycles. The summed E-state index contributed by atoms with van der Waals surface area (Å²) in [5, 5.41) is 3.53. The molecule has 2 aliphatic heterocycles. The van der Waals surface area contributed by atoms with Crippen LogP contribution in [0.4, 0.5) is 0 Å². The number of hydrogen-bond donors (Lipinski definition) is 1. The number of nitrogens with zero attached hydrogens (tertiary/aromatic N) is 1. The van der Waals surface area contributed by atoms with Crippen LogP contribution in [0.3, 0.4) is 0 Å². The lowest BCUT2D eigenvalue weighted by molar-refractivity contribution is -0.153. The number of esters is 2. The van der Waals surface area contributed by atoms with Gasteiger partial charge >= 0.3 is 11.9 Å². The van der Waals surface area contributed by atoms with Crippen molar-refractivity contribution in [1.29, 1.82) is 0 Å². The van der Waals surface area contributed by atoms with Crippen molar-refractivity contribution < 1.29 is 19.1 Å². The Kier molecular flexibility index (Phi) is 7.78. The van der Waals surface area contributed by atoms with E-state index in [2.05, 4.69) is 72.7 Å². The van der Waals surface area contributed by atoms with Crippen LogP contribution in [0.2, 0.25) is 0 Å². The molecule has 2 atom stereocenters. The Bertz CT molecular complexity index is 1200. The molecule has 6 nitrogen and oxygen atoms in total. The fourth-order valence-electron chi connectivity index (χ4n) is 6.52. The minimum atomic E-state index is -0.282. The van der Waals surface area contributed by atoms with Crippen LogP contribution in [0, 0.1) is 11.8 Å². The summed E-state index contributed by atoms with van der Waals surface area (Å²) in [6.45, 7) is 17.5. The Hall–Kier alpha value is -2.70. The zero-order valence-electron chi connectivity index (χ0n) is 25.2. The molecule has 0 saturated carbocycles. The van der Waals surface area contributed by atoms with Gasteiger partial charge in [-0.1, -0.05) is 48.5 Å². The van der Waals surface area contributed by atoms with E-state index in [9.17, 15) is 9.59 Å². The Balaban J connectivity index is 1.30. The molecule has 4 rings (SSSR count). The quantitative estimate of drug-likeness (QED) is 0.432. The molecule has 6 heteroatoms. The van der Waals surface area contributed by atoms with Crippen LogP contribution in [0.5, 0.6) is 0 Å². The number of ether oxygens (including phenoxy) is 2. The van der Waals surface area contributed by atoms with Crippen molar-refractivity contribution in [3.63, 3.8) is 0 Å². The molecule has 2 aromatic rings. The van der Waals surface area contributed by atoms with Gasteiger partial charge in [0.15, 0.2) is 0 Å². The summed E-state index contributed by atoms with van der Waals surface area (Å²) in [6, 6.07) is 16.2. The van der Waals surface area contributed by atoms with Crippen LogP contribution in [-0.4, -0.2) is 46.0 Å². The highest BCUT2D eigenvalue weighted by Crippen LogP contribution is 2.44. The van der Waals surface area contributed by atoms with E-state index >= 15 is 0 Å². The second-order valence-corrected chi connectivity index (χ2v) is 13.9. The number of hydrogen-bond acceptors (Lipinski definition) is 6. The van der Waals surface area contributed by atoms with E-state index in [1.165, 1.54) is 0 Å². The van der Waals surface area contributed by atoms with Crippen LogP contribution >= 0.6 is 0 Å². The van der Waals surface area contributed by atoms with Gasteiger partial charge in [0.2, 0.25) is 0 Å². The molecule has 2 saturated heterocycles. The summed E-state index contributed by atoms with van der Waals surface area (Å²) >= 11 is 0. The molecular weight excluding hydrogens is 488 g/mol. The van der Waals surface area contributed by atoms with E-state index in [1.807, 2.05) is 48.5 Å². The highest BCUT2D eigenvalue weighted by molar-refractivity contribution is 5.75. The molecule has 0 radical (unpaired) electrons. The summed E-state index contributed by atoms with van der Waals surface area (Å²) < 4.78 is 11.4. The fourth-order valence-corrected chi connectivity index (χ4v) is 6.52. The smallest absolute Gasteiger partial charge is 0.311 e. The van der Waals surface area contributed by atoms with Gasteiger partial charge in [-0.15, -0.1) is 0 Å². The van der Waals surface area contributed by atoms with Crippen molar-refractivity contribution in [1.82, 2.24) is 10.2 Å². The molecule has 0 aliphatic carbocycles. The topological polar surface area (TPSA) is 67.9 Å². The molecule has 212 valence electrons. The molecule has 0 amide bonds. The first-order valence-electron chi connectivity index (χ1n) is 14.1. The van der Waals surface area contributed by atoms with Crippen molar-refractivity contribution in [3.8, 4) is 11.1 Å². The van der Waals surface area contributed by atoms with Gasteiger partial charge in [0.25, 0.3) is 0 Å². The standard InChI is InChI=1S/C33H46N2O4/c1-30(2)18-26(32(5,6)34-30)28(36)38-20-22-10-14-24(15-11-22)25-16-12-23(13-17-25)21-39-29(37)27-19-31(3,4)35(9)33(27,7)8/h10-17,26-27,34H,18-21H2,1-9H3. The number of carbonyl (C=O) groups excluding carboxylic acids is 2. The van der Waals surface area contributed by atoms with Crippen molar-refractivity contribution in [3.05, 3.63) is 59.7 Å². The predicted molar refractivity (Wildman–Crippen MR) is 155 cm³/mol. The third-order valence-electron chi connectivity index (χ3n) is 9.15. The number of nitrogens with one attached hydrogen (secondary N) is 1. The van der Waals surface area contributed by atoms with Crippen LogP contribution < -0.4 is 5.32 Å². The maximum absolute atomic E-state index is 12.9. The second kappa shape index (κ2) is 10.4. The van der Waals surface area contributed by atoms with Crippen molar-refractivity contribution in [2.24, 2.45) is 11.8 Å². The lowest BCUT2D eigenvalue weighted by atomic mass is 9.87. The summed E-state index contributed by atoms with van der Waals surface area (Å²) in [6.07, 6.45) is 1.55. The lowest BCUT2D eigenvalue weighted by Gasteiger charge is -2.37. The molecule has 39 heavy (non-hydrogen) atoms. The third kappa shape index (κ3) is 6.22. The lowest BCUT2D eigenvalue weighted by Crippen LogP contribution is -2.48. The molecule has 1 N–H and O–H groups in total. The fraction of sp³-hybridized carbons (Fsp3) is 0.576. The highest BCUT2D eigenvalue weighted by Gasteiger charge is 2.53. The SMILES string of the molecule is CN1C(C)(C)CC(C(=O)OCc2ccc(-c3ccc(COC(=O)C4CC(C)(C)NC4(C)C)cc3)cc2)C1(C)C. The van der Waals surface area contributed by atoms with Gasteiger partial charge < -0.3 is 14.8 Å². The van der Waals surface area contributed by atoms with Gasteiger partial charge in [0.05, 0.1) is 11.8 Å². The van der Waals surface area contributed by atoms with Gasteiger partial charge in [-0.05, 0) is 97.5 Å². The average Bonchev–Trinajstić information content (AvgIpc) is 3.20.